The van der Waals surface area contributed by atoms with Crippen molar-refractivity contribution in [3.05, 3.63) is 78.0 Å². The summed E-state index contributed by atoms with van der Waals surface area (Å²) in [6.07, 6.45) is 4.97. The molecule has 29 heavy (non-hydrogen) atoms. The van der Waals surface area contributed by atoms with E-state index in [1.54, 1.807) is 30.8 Å². The Kier molecular flexibility index (Phi) is 5.92. The Balaban J connectivity index is 1.56. The summed E-state index contributed by atoms with van der Waals surface area (Å²) < 4.78 is 7.10. The van der Waals surface area contributed by atoms with E-state index in [0.717, 1.165) is 11.3 Å². The molecule has 1 aromatic carbocycles. The Hall–Kier alpha value is -3.10. The van der Waals surface area contributed by atoms with E-state index in [1.807, 2.05) is 41.0 Å². The number of rotatable bonds is 7. The van der Waals surface area contributed by atoms with Crippen molar-refractivity contribution in [2.24, 2.45) is 0 Å². The lowest BCUT2D eigenvalue weighted by Crippen LogP contribution is -2.24. The smallest absolute Gasteiger partial charge is 0.230 e. The molecule has 0 atom stereocenters. The summed E-state index contributed by atoms with van der Waals surface area (Å²) in [5.41, 5.74) is 1.68. The first-order chi connectivity index (χ1) is 14.2. The molecule has 146 valence electrons. The highest BCUT2D eigenvalue weighted by Gasteiger charge is 2.17. The van der Waals surface area contributed by atoms with Crippen molar-refractivity contribution in [3.63, 3.8) is 0 Å². The molecule has 0 saturated carbocycles. The number of thioether (sulfide) groups is 1. The van der Waals surface area contributed by atoms with E-state index in [1.165, 1.54) is 11.8 Å². The van der Waals surface area contributed by atoms with Crippen molar-refractivity contribution < 1.29 is 9.21 Å². The van der Waals surface area contributed by atoms with Crippen LogP contribution in [0.2, 0.25) is 5.02 Å². The van der Waals surface area contributed by atoms with Crippen LogP contribution in [0.25, 0.3) is 17.1 Å². The Morgan fingerprint density at radius 1 is 1.14 bits per heavy atom. The van der Waals surface area contributed by atoms with Crippen molar-refractivity contribution in [2.75, 3.05) is 5.75 Å². The fraction of sp³-hybridized carbons (Fsp3) is 0.100. The van der Waals surface area contributed by atoms with Crippen LogP contribution in [0.5, 0.6) is 0 Å². The SMILES string of the molecule is O=C(CSc1nnc(-c2ccncc2)n1-c1cccc(Cl)c1)NCc1ccco1. The van der Waals surface area contributed by atoms with E-state index in [2.05, 4.69) is 20.5 Å². The van der Waals surface area contributed by atoms with E-state index in [0.29, 0.717) is 28.3 Å². The molecule has 0 aliphatic heterocycles. The van der Waals surface area contributed by atoms with Gasteiger partial charge in [0.25, 0.3) is 0 Å². The predicted molar refractivity (Wildman–Crippen MR) is 111 cm³/mol. The van der Waals surface area contributed by atoms with Crippen LogP contribution in [0.1, 0.15) is 5.76 Å². The largest absolute Gasteiger partial charge is 0.467 e. The number of nitrogens with zero attached hydrogens (tertiary/aromatic N) is 4. The van der Waals surface area contributed by atoms with Crippen molar-refractivity contribution in [2.45, 2.75) is 11.7 Å². The minimum atomic E-state index is -0.127. The van der Waals surface area contributed by atoms with E-state index in [-0.39, 0.29) is 11.7 Å². The maximum absolute atomic E-state index is 12.2. The number of benzene rings is 1. The molecule has 0 unspecified atom stereocenters. The normalized spacial score (nSPS) is 10.8. The summed E-state index contributed by atoms with van der Waals surface area (Å²) in [6, 6.07) is 14.7. The van der Waals surface area contributed by atoms with Gasteiger partial charge in [-0.05, 0) is 42.5 Å². The van der Waals surface area contributed by atoms with Gasteiger partial charge in [-0.1, -0.05) is 29.4 Å². The maximum Gasteiger partial charge on any atom is 0.230 e. The lowest BCUT2D eigenvalue weighted by atomic mass is 10.2. The summed E-state index contributed by atoms with van der Waals surface area (Å²) in [7, 11) is 0. The molecule has 1 amide bonds. The molecule has 0 radical (unpaired) electrons. The summed E-state index contributed by atoms with van der Waals surface area (Å²) in [5.74, 6) is 1.41. The van der Waals surface area contributed by atoms with Crippen LogP contribution in [0.3, 0.4) is 0 Å². The standard InChI is InChI=1S/C20H16ClN5O2S/c21-15-3-1-4-16(11-15)26-19(14-6-8-22-9-7-14)24-25-20(26)29-13-18(27)23-12-17-5-2-10-28-17/h1-11H,12-13H2,(H,23,27). The molecule has 3 aromatic heterocycles. The molecule has 0 aliphatic rings. The van der Waals surface area contributed by atoms with Crippen LogP contribution in [0.15, 0.2) is 76.8 Å². The zero-order valence-electron chi connectivity index (χ0n) is 15.2. The van der Waals surface area contributed by atoms with Gasteiger partial charge in [-0.2, -0.15) is 0 Å². The van der Waals surface area contributed by atoms with Gasteiger partial charge in [-0.25, -0.2) is 0 Å². The van der Waals surface area contributed by atoms with Gasteiger partial charge in [0, 0.05) is 23.0 Å². The van der Waals surface area contributed by atoms with Crippen LogP contribution < -0.4 is 5.32 Å². The maximum atomic E-state index is 12.2. The fourth-order valence-electron chi connectivity index (χ4n) is 2.68. The number of hydrogen-bond donors (Lipinski definition) is 1. The average Bonchev–Trinajstić information content (AvgIpc) is 3.41. The molecular formula is C20H16ClN5O2S. The summed E-state index contributed by atoms with van der Waals surface area (Å²) in [6.45, 7) is 0.343. The van der Waals surface area contributed by atoms with Crippen molar-refractivity contribution in [3.8, 4) is 17.1 Å². The Bertz CT molecular complexity index is 1100. The first-order valence-electron chi connectivity index (χ1n) is 8.74. The van der Waals surface area contributed by atoms with Gasteiger partial charge in [0.15, 0.2) is 11.0 Å². The summed E-state index contributed by atoms with van der Waals surface area (Å²) >= 11 is 7.48. The predicted octanol–water partition coefficient (Wildman–Crippen LogP) is 3.98. The molecule has 1 N–H and O–H groups in total. The van der Waals surface area contributed by atoms with Gasteiger partial charge in [-0.3, -0.25) is 14.3 Å². The number of carbonyl (C=O) groups excluding carboxylic acids is 1. The third-order valence-corrected chi connectivity index (χ3v) is 5.17. The van der Waals surface area contributed by atoms with Crippen molar-refractivity contribution in [1.29, 1.82) is 0 Å². The van der Waals surface area contributed by atoms with Gasteiger partial charge < -0.3 is 9.73 Å². The molecule has 0 bridgehead atoms. The second-order valence-electron chi connectivity index (χ2n) is 6.00. The first-order valence-corrected chi connectivity index (χ1v) is 10.1. The number of carbonyl (C=O) groups is 1. The van der Waals surface area contributed by atoms with Gasteiger partial charge in [0.1, 0.15) is 5.76 Å². The highest BCUT2D eigenvalue weighted by molar-refractivity contribution is 7.99. The fourth-order valence-corrected chi connectivity index (χ4v) is 3.65. The molecule has 9 heteroatoms. The van der Waals surface area contributed by atoms with Crippen LogP contribution in [0.4, 0.5) is 0 Å². The molecule has 3 heterocycles. The topological polar surface area (TPSA) is 85.8 Å². The molecule has 7 nitrogen and oxygen atoms in total. The minimum absolute atomic E-state index is 0.127. The number of pyridine rings is 1. The molecule has 0 aliphatic carbocycles. The van der Waals surface area contributed by atoms with E-state index in [4.69, 9.17) is 16.0 Å². The van der Waals surface area contributed by atoms with Gasteiger partial charge in [0.05, 0.1) is 24.2 Å². The lowest BCUT2D eigenvalue weighted by Gasteiger charge is -2.10. The minimum Gasteiger partial charge on any atom is -0.467 e. The van der Waals surface area contributed by atoms with E-state index in [9.17, 15) is 4.79 Å². The number of hydrogen-bond acceptors (Lipinski definition) is 6. The Morgan fingerprint density at radius 2 is 2.00 bits per heavy atom. The average molecular weight is 426 g/mol. The number of halogens is 1. The first kappa shape index (κ1) is 19.2. The zero-order valence-corrected chi connectivity index (χ0v) is 16.7. The molecule has 0 saturated heterocycles. The number of amides is 1. The number of nitrogens with one attached hydrogen (secondary N) is 1. The van der Waals surface area contributed by atoms with Crippen molar-refractivity contribution in [1.82, 2.24) is 25.1 Å². The van der Waals surface area contributed by atoms with Crippen molar-refractivity contribution >= 4 is 29.3 Å². The quantitative estimate of drug-likeness (QED) is 0.451. The van der Waals surface area contributed by atoms with E-state index < -0.39 is 0 Å². The summed E-state index contributed by atoms with van der Waals surface area (Å²) in [5, 5.41) is 12.6. The van der Waals surface area contributed by atoms with Crippen LogP contribution in [0, 0.1) is 0 Å². The number of aromatic nitrogens is 4. The van der Waals surface area contributed by atoms with Gasteiger partial charge in [-0.15, -0.1) is 10.2 Å². The Morgan fingerprint density at radius 3 is 2.76 bits per heavy atom. The second-order valence-corrected chi connectivity index (χ2v) is 7.38. The number of furan rings is 1. The zero-order chi connectivity index (χ0) is 20.1. The van der Waals surface area contributed by atoms with Gasteiger partial charge >= 0.3 is 0 Å². The second kappa shape index (κ2) is 8.93. The van der Waals surface area contributed by atoms with Gasteiger partial charge in [0.2, 0.25) is 5.91 Å². The van der Waals surface area contributed by atoms with Crippen LogP contribution in [-0.2, 0) is 11.3 Å². The van der Waals surface area contributed by atoms with Crippen LogP contribution in [-0.4, -0.2) is 31.4 Å². The highest BCUT2D eigenvalue weighted by atomic mass is 35.5. The summed E-state index contributed by atoms with van der Waals surface area (Å²) in [4.78, 5) is 16.3. The lowest BCUT2D eigenvalue weighted by molar-refractivity contribution is -0.118. The van der Waals surface area contributed by atoms with E-state index >= 15 is 0 Å². The van der Waals surface area contributed by atoms with Crippen LogP contribution >= 0.6 is 23.4 Å². The third-order valence-electron chi connectivity index (χ3n) is 4.01. The monoisotopic (exact) mass is 425 g/mol. The third kappa shape index (κ3) is 4.67. The molecular weight excluding hydrogens is 410 g/mol. The molecule has 0 fully saturated rings. The molecule has 4 rings (SSSR count). The molecule has 0 spiro atoms. The Labute approximate surface area is 176 Å². The highest BCUT2D eigenvalue weighted by Crippen LogP contribution is 2.28. The molecule has 4 aromatic rings.